The number of piperidine rings is 1. The van der Waals surface area contributed by atoms with Crippen molar-refractivity contribution in [2.24, 2.45) is 11.1 Å². The molecule has 2 atom stereocenters. The fourth-order valence-electron chi connectivity index (χ4n) is 2.35. The summed E-state index contributed by atoms with van der Waals surface area (Å²) in [4.78, 5) is 16.6. The quantitative estimate of drug-likeness (QED) is 0.799. The van der Waals surface area contributed by atoms with E-state index in [4.69, 9.17) is 5.73 Å². The molecule has 0 radical (unpaired) electrons. The lowest BCUT2D eigenvalue weighted by Gasteiger charge is -2.41. The van der Waals surface area contributed by atoms with Crippen molar-refractivity contribution in [1.29, 1.82) is 0 Å². The Morgan fingerprint density at radius 2 is 2.12 bits per heavy atom. The molecule has 0 aromatic heterocycles. The standard InChI is InChI=1S/C13H27N3O/c1-10-8-11(6-7-15(10)4)16(5)12(17)13(2,3)9-14/h10-11H,6-9,14H2,1-5H3/t10-,11+/m1/s1. The minimum atomic E-state index is -0.443. The van der Waals surface area contributed by atoms with Crippen LogP contribution in [-0.4, -0.2) is 55.0 Å². The van der Waals surface area contributed by atoms with Gasteiger partial charge in [-0.25, -0.2) is 0 Å². The van der Waals surface area contributed by atoms with E-state index in [-0.39, 0.29) is 5.91 Å². The van der Waals surface area contributed by atoms with Crippen molar-refractivity contribution in [2.75, 3.05) is 27.2 Å². The Kier molecular flexibility index (Phi) is 4.55. The number of rotatable bonds is 3. The summed E-state index contributed by atoms with van der Waals surface area (Å²) in [6.45, 7) is 7.53. The molecular weight excluding hydrogens is 214 g/mol. The topological polar surface area (TPSA) is 49.6 Å². The van der Waals surface area contributed by atoms with Crippen molar-refractivity contribution in [2.45, 2.75) is 45.7 Å². The van der Waals surface area contributed by atoms with E-state index in [1.807, 2.05) is 25.8 Å². The summed E-state index contributed by atoms with van der Waals surface area (Å²) in [6.07, 6.45) is 2.11. The first-order chi connectivity index (χ1) is 7.79. The summed E-state index contributed by atoms with van der Waals surface area (Å²) in [5, 5.41) is 0. The van der Waals surface area contributed by atoms with Gasteiger partial charge in [0.05, 0.1) is 5.41 Å². The van der Waals surface area contributed by atoms with Crippen LogP contribution in [0.25, 0.3) is 0 Å². The minimum Gasteiger partial charge on any atom is -0.342 e. The number of carbonyl (C=O) groups excluding carboxylic acids is 1. The Morgan fingerprint density at radius 3 is 2.59 bits per heavy atom. The highest BCUT2D eigenvalue weighted by atomic mass is 16.2. The van der Waals surface area contributed by atoms with E-state index < -0.39 is 5.41 Å². The smallest absolute Gasteiger partial charge is 0.229 e. The molecule has 1 aliphatic rings. The molecule has 4 nitrogen and oxygen atoms in total. The van der Waals surface area contributed by atoms with Crippen LogP contribution < -0.4 is 5.73 Å². The zero-order valence-corrected chi connectivity index (χ0v) is 11.9. The van der Waals surface area contributed by atoms with Crippen LogP contribution >= 0.6 is 0 Å². The lowest BCUT2D eigenvalue weighted by Crippen LogP contribution is -2.52. The number of amides is 1. The van der Waals surface area contributed by atoms with E-state index >= 15 is 0 Å². The van der Waals surface area contributed by atoms with Gasteiger partial charge in [-0.3, -0.25) is 4.79 Å². The third-order valence-corrected chi connectivity index (χ3v) is 4.14. The lowest BCUT2D eigenvalue weighted by molar-refractivity contribution is -0.141. The van der Waals surface area contributed by atoms with Crippen molar-refractivity contribution in [1.82, 2.24) is 9.80 Å². The molecule has 0 spiro atoms. The zero-order chi connectivity index (χ0) is 13.2. The van der Waals surface area contributed by atoms with E-state index in [0.29, 0.717) is 18.6 Å². The lowest BCUT2D eigenvalue weighted by atomic mass is 9.89. The molecule has 0 aromatic carbocycles. The maximum absolute atomic E-state index is 12.3. The minimum absolute atomic E-state index is 0.168. The number of likely N-dealkylation sites (tertiary alicyclic amines) is 1. The highest BCUT2D eigenvalue weighted by molar-refractivity contribution is 5.82. The number of hydrogen-bond acceptors (Lipinski definition) is 3. The fraction of sp³-hybridized carbons (Fsp3) is 0.923. The molecule has 0 unspecified atom stereocenters. The Morgan fingerprint density at radius 1 is 1.53 bits per heavy atom. The van der Waals surface area contributed by atoms with Crippen LogP contribution in [0.2, 0.25) is 0 Å². The highest BCUT2D eigenvalue weighted by Crippen LogP contribution is 2.24. The van der Waals surface area contributed by atoms with Gasteiger partial charge in [0.15, 0.2) is 0 Å². The van der Waals surface area contributed by atoms with Crippen LogP contribution in [0.3, 0.4) is 0 Å². The van der Waals surface area contributed by atoms with E-state index in [1.54, 1.807) is 0 Å². The third-order valence-electron chi connectivity index (χ3n) is 4.14. The van der Waals surface area contributed by atoms with E-state index in [9.17, 15) is 4.79 Å². The molecule has 1 rings (SSSR count). The number of carbonyl (C=O) groups is 1. The van der Waals surface area contributed by atoms with Gasteiger partial charge in [-0.05, 0) is 40.7 Å². The number of hydrogen-bond donors (Lipinski definition) is 1. The normalized spacial score (nSPS) is 26.9. The summed E-state index contributed by atoms with van der Waals surface area (Å²) in [6, 6.07) is 0.907. The molecule has 0 aromatic rings. The van der Waals surface area contributed by atoms with Gasteiger partial charge in [0.25, 0.3) is 0 Å². The van der Waals surface area contributed by atoms with Gasteiger partial charge in [-0.15, -0.1) is 0 Å². The molecule has 1 fully saturated rings. The van der Waals surface area contributed by atoms with Gasteiger partial charge in [-0.2, -0.15) is 0 Å². The van der Waals surface area contributed by atoms with Gasteiger partial charge >= 0.3 is 0 Å². The SMILES string of the molecule is C[C@@H]1C[C@@H](N(C)C(=O)C(C)(C)CN)CCN1C. The van der Waals surface area contributed by atoms with Gasteiger partial charge in [-0.1, -0.05) is 0 Å². The Balaban J connectivity index is 2.65. The molecule has 1 heterocycles. The molecule has 1 saturated heterocycles. The zero-order valence-electron chi connectivity index (χ0n) is 11.9. The van der Waals surface area contributed by atoms with Gasteiger partial charge < -0.3 is 15.5 Å². The molecule has 1 aliphatic heterocycles. The Hall–Kier alpha value is -0.610. The van der Waals surface area contributed by atoms with Crippen LogP contribution in [0, 0.1) is 5.41 Å². The molecule has 0 saturated carbocycles. The summed E-state index contributed by atoms with van der Waals surface area (Å²) in [5.41, 5.74) is 5.23. The number of nitrogens with two attached hydrogens (primary N) is 1. The van der Waals surface area contributed by atoms with Crippen LogP contribution in [0.1, 0.15) is 33.6 Å². The summed E-state index contributed by atoms with van der Waals surface area (Å²) < 4.78 is 0. The number of nitrogens with zero attached hydrogens (tertiary/aromatic N) is 2. The molecule has 17 heavy (non-hydrogen) atoms. The second kappa shape index (κ2) is 5.36. The maximum Gasteiger partial charge on any atom is 0.229 e. The largest absolute Gasteiger partial charge is 0.342 e. The summed E-state index contributed by atoms with van der Waals surface area (Å²) in [7, 11) is 4.06. The van der Waals surface area contributed by atoms with Crippen molar-refractivity contribution in [3.63, 3.8) is 0 Å². The molecule has 100 valence electrons. The van der Waals surface area contributed by atoms with Crippen molar-refractivity contribution in [3.05, 3.63) is 0 Å². The van der Waals surface area contributed by atoms with Gasteiger partial charge in [0.1, 0.15) is 0 Å². The van der Waals surface area contributed by atoms with Crippen molar-refractivity contribution >= 4 is 5.91 Å². The first-order valence-corrected chi connectivity index (χ1v) is 6.47. The summed E-state index contributed by atoms with van der Waals surface area (Å²) >= 11 is 0. The van der Waals surface area contributed by atoms with Crippen LogP contribution in [0.5, 0.6) is 0 Å². The molecule has 0 bridgehead atoms. The second-order valence-electron chi connectivity index (χ2n) is 6.01. The molecule has 2 N–H and O–H groups in total. The first-order valence-electron chi connectivity index (χ1n) is 6.47. The average molecular weight is 241 g/mol. The van der Waals surface area contributed by atoms with Crippen molar-refractivity contribution in [3.8, 4) is 0 Å². The predicted molar refractivity (Wildman–Crippen MR) is 70.7 cm³/mol. The molecular formula is C13H27N3O. The highest BCUT2D eigenvalue weighted by Gasteiger charge is 2.34. The summed E-state index contributed by atoms with van der Waals surface area (Å²) in [5.74, 6) is 0.168. The third kappa shape index (κ3) is 3.19. The van der Waals surface area contributed by atoms with Crippen LogP contribution in [-0.2, 0) is 4.79 Å². The van der Waals surface area contributed by atoms with Crippen molar-refractivity contribution < 1.29 is 4.79 Å². The molecule has 4 heteroatoms. The predicted octanol–water partition coefficient (Wildman–Crippen LogP) is 0.912. The maximum atomic E-state index is 12.3. The average Bonchev–Trinajstić information content (AvgIpc) is 2.30. The van der Waals surface area contributed by atoms with Crippen LogP contribution in [0.4, 0.5) is 0 Å². The first kappa shape index (κ1) is 14.5. The molecule has 0 aliphatic carbocycles. The van der Waals surface area contributed by atoms with Gasteiger partial charge in [0, 0.05) is 32.2 Å². The fourth-order valence-corrected chi connectivity index (χ4v) is 2.35. The van der Waals surface area contributed by atoms with E-state index in [2.05, 4.69) is 18.9 Å². The van der Waals surface area contributed by atoms with Crippen LogP contribution in [0.15, 0.2) is 0 Å². The Bertz CT molecular complexity index is 278. The molecule has 1 amide bonds. The Labute approximate surface area is 105 Å². The van der Waals surface area contributed by atoms with E-state index in [1.165, 1.54) is 0 Å². The second-order valence-corrected chi connectivity index (χ2v) is 6.01. The van der Waals surface area contributed by atoms with E-state index in [0.717, 1.165) is 19.4 Å². The van der Waals surface area contributed by atoms with Gasteiger partial charge in [0.2, 0.25) is 5.91 Å². The monoisotopic (exact) mass is 241 g/mol.